The molecule has 2 aromatic rings. The van der Waals surface area contributed by atoms with Gasteiger partial charge < -0.3 is 5.73 Å². The summed E-state index contributed by atoms with van der Waals surface area (Å²) in [5.41, 5.74) is 6.42. The quantitative estimate of drug-likeness (QED) is 0.848. The van der Waals surface area contributed by atoms with Crippen molar-refractivity contribution in [2.75, 3.05) is 4.72 Å². The summed E-state index contributed by atoms with van der Waals surface area (Å²) < 4.78 is 40.4. The SMILES string of the molecule is Cc1cc(NS(=O)(=O)c2ccccc2C(N)=S)ccc1F. The Bertz CT molecular complexity index is 804. The van der Waals surface area contributed by atoms with Gasteiger partial charge in [0.1, 0.15) is 10.8 Å². The molecule has 21 heavy (non-hydrogen) atoms. The van der Waals surface area contributed by atoms with Gasteiger partial charge in [0, 0.05) is 11.3 Å². The fourth-order valence-electron chi connectivity index (χ4n) is 1.82. The summed E-state index contributed by atoms with van der Waals surface area (Å²) in [6.07, 6.45) is 0. The average Bonchev–Trinajstić information content (AvgIpc) is 2.42. The topological polar surface area (TPSA) is 72.2 Å². The van der Waals surface area contributed by atoms with E-state index in [9.17, 15) is 12.8 Å². The largest absolute Gasteiger partial charge is 0.389 e. The van der Waals surface area contributed by atoms with Gasteiger partial charge in [0.15, 0.2) is 0 Å². The Balaban J connectivity index is 2.43. The van der Waals surface area contributed by atoms with Crippen molar-refractivity contribution < 1.29 is 12.8 Å². The van der Waals surface area contributed by atoms with E-state index >= 15 is 0 Å². The van der Waals surface area contributed by atoms with Crippen LogP contribution < -0.4 is 10.5 Å². The number of hydrogen-bond donors (Lipinski definition) is 2. The van der Waals surface area contributed by atoms with Crippen molar-refractivity contribution in [2.24, 2.45) is 5.73 Å². The van der Waals surface area contributed by atoms with Crippen LogP contribution in [0.15, 0.2) is 47.4 Å². The van der Waals surface area contributed by atoms with Crippen molar-refractivity contribution in [3.05, 3.63) is 59.4 Å². The van der Waals surface area contributed by atoms with E-state index in [1.165, 1.54) is 30.3 Å². The highest BCUT2D eigenvalue weighted by Gasteiger charge is 2.19. The molecule has 3 N–H and O–H groups in total. The van der Waals surface area contributed by atoms with Crippen molar-refractivity contribution in [1.29, 1.82) is 0 Å². The van der Waals surface area contributed by atoms with Gasteiger partial charge in [-0.3, -0.25) is 4.72 Å². The lowest BCUT2D eigenvalue weighted by Crippen LogP contribution is -2.19. The summed E-state index contributed by atoms with van der Waals surface area (Å²) in [6, 6.07) is 10.1. The fourth-order valence-corrected chi connectivity index (χ4v) is 3.34. The zero-order valence-electron chi connectivity index (χ0n) is 11.1. The van der Waals surface area contributed by atoms with Crippen molar-refractivity contribution in [1.82, 2.24) is 0 Å². The minimum atomic E-state index is -3.86. The van der Waals surface area contributed by atoms with E-state index in [1.807, 2.05) is 0 Å². The Morgan fingerprint density at radius 3 is 2.52 bits per heavy atom. The van der Waals surface area contributed by atoms with Crippen LogP contribution in [0.4, 0.5) is 10.1 Å². The minimum Gasteiger partial charge on any atom is -0.389 e. The maximum absolute atomic E-state index is 13.2. The molecule has 0 spiro atoms. The van der Waals surface area contributed by atoms with Gasteiger partial charge in [0.2, 0.25) is 0 Å². The summed E-state index contributed by atoms with van der Waals surface area (Å²) >= 11 is 4.86. The van der Waals surface area contributed by atoms with Gasteiger partial charge in [-0.25, -0.2) is 12.8 Å². The second-order valence-electron chi connectivity index (χ2n) is 4.43. The van der Waals surface area contributed by atoms with Gasteiger partial charge in [-0.1, -0.05) is 30.4 Å². The number of aryl methyl sites for hydroxylation is 1. The van der Waals surface area contributed by atoms with Gasteiger partial charge >= 0.3 is 0 Å². The highest BCUT2D eigenvalue weighted by Crippen LogP contribution is 2.21. The maximum atomic E-state index is 13.2. The zero-order chi connectivity index (χ0) is 15.6. The molecule has 0 saturated carbocycles. The standard InChI is InChI=1S/C14H13FN2O2S2/c1-9-8-10(6-7-12(9)15)17-21(18,19)13-5-3-2-4-11(13)14(16)20/h2-8,17H,1H3,(H2,16,20). The first-order valence-corrected chi connectivity index (χ1v) is 7.88. The van der Waals surface area contributed by atoms with E-state index in [-0.39, 0.29) is 21.1 Å². The molecule has 0 atom stereocenters. The molecule has 7 heteroatoms. The molecule has 0 aliphatic heterocycles. The Labute approximate surface area is 127 Å². The van der Waals surface area contributed by atoms with E-state index in [4.69, 9.17) is 18.0 Å². The summed E-state index contributed by atoms with van der Waals surface area (Å²) in [5, 5.41) is 0. The molecule has 0 unspecified atom stereocenters. The van der Waals surface area contributed by atoms with E-state index in [0.717, 1.165) is 0 Å². The lowest BCUT2D eigenvalue weighted by molar-refractivity contribution is 0.600. The predicted octanol–water partition coefficient (Wildman–Crippen LogP) is 2.57. The van der Waals surface area contributed by atoms with Gasteiger partial charge in [-0.05, 0) is 36.8 Å². The van der Waals surface area contributed by atoms with Crippen molar-refractivity contribution in [3.63, 3.8) is 0 Å². The zero-order valence-corrected chi connectivity index (χ0v) is 12.8. The van der Waals surface area contributed by atoms with Crippen LogP contribution in [-0.4, -0.2) is 13.4 Å². The lowest BCUT2D eigenvalue weighted by Gasteiger charge is -2.12. The highest BCUT2D eigenvalue weighted by atomic mass is 32.2. The normalized spacial score (nSPS) is 11.1. The van der Waals surface area contributed by atoms with Crippen LogP contribution in [0.3, 0.4) is 0 Å². The number of thiocarbonyl (C=S) groups is 1. The first-order valence-electron chi connectivity index (χ1n) is 5.99. The number of nitrogens with two attached hydrogens (primary N) is 1. The Kier molecular flexibility index (Phi) is 4.24. The molecule has 110 valence electrons. The summed E-state index contributed by atoms with van der Waals surface area (Å²) in [6.45, 7) is 1.55. The molecule has 2 rings (SSSR count). The number of hydrogen-bond acceptors (Lipinski definition) is 3. The molecule has 0 saturated heterocycles. The summed E-state index contributed by atoms with van der Waals surface area (Å²) in [7, 11) is -3.86. The Morgan fingerprint density at radius 1 is 1.24 bits per heavy atom. The number of benzene rings is 2. The molecule has 0 amide bonds. The third-order valence-electron chi connectivity index (χ3n) is 2.85. The summed E-state index contributed by atoms with van der Waals surface area (Å²) in [4.78, 5) is -0.0225. The van der Waals surface area contributed by atoms with E-state index in [0.29, 0.717) is 5.56 Å². The molecule has 0 fully saturated rings. The van der Waals surface area contributed by atoms with Gasteiger partial charge in [0.05, 0.1) is 4.90 Å². The first kappa shape index (κ1) is 15.4. The average molecular weight is 324 g/mol. The monoisotopic (exact) mass is 324 g/mol. The van der Waals surface area contributed by atoms with Crippen molar-refractivity contribution in [3.8, 4) is 0 Å². The van der Waals surface area contributed by atoms with Crippen LogP contribution >= 0.6 is 12.2 Å². The molecule has 0 radical (unpaired) electrons. The third kappa shape index (κ3) is 3.37. The van der Waals surface area contributed by atoms with Gasteiger partial charge in [-0.15, -0.1) is 0 Å². The lowest BCUT2D eigenvalue weighted by atomic mass is 10.2. The number of halogens is 1. The van der Waals surface area contributed by atoms with Crippen molar-refractivity contribution in [2.45, 2.75) is 11.8 Å². The molecule has 4 nitrogen and oxygen atoms in total. The van der Waals surface area contributed by atoms with Gasteiger partial charge in [-0.2, -0.15) is 0 Å². The van der Waals surface area contributed by atoms with E-state index in [2.05, 4.69) is 4.72 Å². The maximum Gasteiger partial charge on any atom is 0.262 e. The van der Waals surface area contributed by atoms with Crippen LogP contribution in [0, 0.1) is 12.7 Å². The molecule has 2 aromatic carbocycles. The second-order valence-corrected chi connectivity index (χ2v) is 6.52. The van der Waals surface area contributed by atoms with Crippen LogP contribution in [-0.2, 0) is 10.0 Å². The third-order valence-corrected chi connectivity index (χ3v) is 4.51. The molecule has 0 aliphatic rings. The molecule has 0 aliphatic carbocycles. The molecule has 0 heterocycles. The number of rotatable bonds is 4. The van der Waals surface area contributed by atoms with Crippen LogP contribution in [0.25, 0.3) is 0 Å². The smallest absolute Gasteiger partial charge is 0.262 e. The number of anilines is 1. The van der Waals surface area contributed by atoms with Crippen LogP contribution in [0.2, 0.25) is 0 Å². The molecular weight excluding hydrogens is 311 g/mol. The number of nitrogens with one attached hydrogen (secondary N) is 1. The Hall–Kier alpha value is -1.99. The molecule has 0 aromatic heterocycles. The number of sulfonamides is 1. The van der Waals surface area contributed by atoms with Crippen molar-refractivity contribution >= 4 is 32.9 Å². The second kappa shape index (κ2) is 5.79. The van der Waals surface area contributed by atoms with Gasteiger partial charge in [0.25, 0.3) is 10.0 Å². The molecule has 0 bridgehead atoms. The van der Waals surface area contributed by atoms with E-state index in [1.54, 1.807) is 19.1 Å². The van der Waals surface area contributed by atoms with E-state index < -0.39 is 15.8 Å². The van der Waals surface area contributed by atoms with Crippen LogP contribution in [0.1, 0.15) is 11.1 Å². The fraction of sp³-hybridized carbons (Fsp3) is 0.0714. The minimum absolute atomic E-state index is 0.00809. The predicted molar refractivity (Wildman–Crippen MR) is 84.3 cm³/mol. The summed E-state index contributed by atoms with van der Waals surface area (Å²) in [5.74, 6) is -0.401. The highest BCUT2D eigenvalue weighted by molar-refractivity contribution is 7.93. The first-order chi connectivity index (χ1) is 9.81. The Morgan fingerprint density at radius 2 is 1.90 bits per heavy atom. The van der Waals surface area contributed by atoms with Crippen LogP contribution in [0.5, 0.6) is 0 Å². The molecular formula is C14H13FN2O2S2.